The molecule has 1 amide bonds. The second-order valence-corrected chi connectivity index (χ2v) is 4.81. The maximum Gasteiger partial charge on any atom is 0.251 e. The van der Waals surface area contributed by atoms with Crippen molar-refractivity contribution in [1.29, 1.82) is 0 Å². The fourth-order valence-corrected chi connectivity index (χ4v) is 1.74. The van der Waals surface area contributed by atoms with Crippen molar-refractivity contribution in [3.8, 4) is 0 Å². The molecule has 3 N–H and O–H groups in total. The number of carbonyl (C=O) groups excluding carboxylic acids is 1. The average Bonchev–Trinajstić information content (AvgIpc) is 2.28. The lowest BCUT2D eigenvalue weighted by Crippen LogP contribution is -2.43. The molecule has 94 valence electrons. The highest BCUT2D eigenvalue weighted by atomic mass is 16.1. The summed E-state index contributed by atoms with van der Waals surface area (Å²) in [7, 11) is 0. The quantitative estimate of drug-likeness (QED) is 0.837. The lowest BCUT2D eigenvalue weighted by atomic mass is 10.0. The van der Waals surface area contributed by atoms with Gasteiger partial charge in [0.15, 0.2) is 0 Å². The molecule has 0 heterocycles. The Labute approximate surface area is 103 Å². The zero-order valence-electron chi connectivity index (χ0n) is 11.1. The van der Waals surface area contributed by atoms with E-state index in [9.17, 15) is 4.79 Å². The van der Waals surface area contributed by atoms with Gasteiger partial charge in [0.25, 0.3) is 5.91 Å². The van der Waals surface area contributed by atoms with Crippen molar-refractivity contribution >= 4 is 5.91 Å². The van der Waals surface area contributed by atoms with E-state index in [1.165, 1.54) is 0 Å². The zero-order chi connectivity index (χ0) is 13.0. The van der Waals surface area contributed by atoms with Crippen LogP contribution in [0.1, 0.15) is 35.3 Å². The van der Waals surface area contributed by atoms with Gasteiger partial charge in [-0.25, -0.2) is 0 Å². The molecular formula is C14H22N2O. The average molecular weight is 234 g/mol. The molecule has 1 aromatic carbocycles. The Hall–Kier alpha value is -1.35. The lowest BCUT2D eigenvalue weighted by Gasteiger charge is -2.21. The van der Waals surface area contributed by atoms with Crippen LogP contribution in [-0.4, -0.2) is 18.5 Å². The van der Waals surface area contributed by atoms with E-state index in [1.54, 1.807) is 0 Å². The molecule has 3 heteroatoms. The number of benzene rings is 1. The number of hydrogen-bond acceptors (Lipinski definition) is 2. The maximum atomic E-state index is 12.1. The summed E-state index contributed by atoms with van der Waals surface area (Å²) in [5, 5.41) is 2.99. The SMILES string of the molecule is Cc1cccc(C(=O)NC(CN)C(C)C)c1C. The van der Waals surface area contributed by atoms with Crippen LogP contribution in [0.5, 0.6) is 0 Å². The summed E-state index contributed by atoms with van der Waals surface area (Å²) in [4.78, 5) is 12.1. The standard InChI is InChI=1S/C14H22N2O/c1-9(2)13(8-15)16-14(17)12-7-5-6-10(3)11(12)4/h5-7,9,13H,8,15H2,1-4H3,(H,16,17). The third kappa shape index (κ3) is 3.30. The summed E-state index contributed by atoms with van der Waals surface area (Å²) in [6.45, 7) is 8.56. The highest BCUT2D eigenvalue weighted by Crippen LogP contribution is 2.13. The minimum absolute atomic E-state index is 0.0300. The molecule has 0 aliphatic rings. The third-order valence-corrected chi connectivity index (χ3v) is 3.22. The fourth-order valence-electron chi connectivity index (χ4n) is 1.74. The minimum atomic E-state index is -0.0321. The van der Waals surface area contributed by atoms with Crippen LogP contribution in [-0.2, 0) is 0 Å². The van der Waals surface area contributed by atoms with Gasteiger partial charge in [0.2, 0.25) is 0 Å². The Morgan fingerprint density at radius 2 is 2.00 bits per heavy atom. The van der Waals surface area contributed by atoms with Crippen molar-refractivity contribution in [2.45, 2.75) is 33.7 Å². The maximum absolute atomic E-state index is 12.1. The van der Waals surface area contributed by atoms with Crippen molar-refractivity contribution < 1.29 is 4.79 Å². The summed E-state index contributed by atoms with van der Waals surface area (Å²) < 4.78 is 0. The molecule has 0 saturated heterocycles. The normalized spacial score (nSPS) is 12.6. The van der Waals surface area contributed by atoms with Crippen LogP contribution in [0.25, 0.3) is 0 Å². The first-order valence-corrected chi connectivity index (χ1v) is 6.04. The molecule has 0 bridgehead atoms. The van der Waals surface area contributed by atoms with Gasteiger partial charge < -0.3 is 11.1 Å². The van der Waals surface area contributed by atoms with Gasteiger partial charge in [0.1, 0.15) is 0 Å². The highest BCUT2D eigenvalue weighted by molar-refractivity contribution is 5.96. The zero-order valence-corrected chi connectivity index (χ0v) is 11.1. The topological polar surface area (TPSA) is 55.1 Å². The Morgan fingerprint density at radius 3 is 2.53 bits per heavy atom. The molecular weight excluding hydrogens is 212 g/mol. The van der Waals surface area contributed by atoms with Crippen molar-refractivity contribution in [3.05, 3.63) is 34.9 Å². The number of amides is 1. The van der Waals surface area contributed by atoms with Crippen LogP contribution in [0.2, 0.25) is 0 Å². The fraction of sp³-hybridized carbons (Fsp3) is 0.500. The van der Waals surface area contributed by atoms with Gasteiger partial charge in [-0.1, -0.05) is 26.0 Å². The number of aryl methyl sites for hydroxylation is 1. The van der Waals surface area contributed by atoms with Gasteiger partial charge in [-0.05, 0) is 37.0 Å². The molecule has 0 radical (unpaired) electrons. The van der Waals surface area contributed by atoms with E-state index in [0.717, 1.165) is 16.7 Å². The Bertz CT molecular complexity index is 399. The number of hydrogen-bond donors (Lipinski definition) is 2. The molecule has 3 nitrogen and oxygen atoms in total. The molecule has 0 saturated carbocycles. The number of nitrogens with two attached hydrogens (primary N) is 1. The molecule has 1 atom stereocenters. The van der Waals surface area contributed by atoms with Crippen LogP contribution < -0.4 is 11.1 Å². The van der Waals surface area contributed by atoms with Crippen LogP contribution in [0.4, 0.5) is 0 Å². The first-order valence-electron chi connectivity index (χ1n) is 6.04. The molecule has 1 unspecified atom stereocenters. The van der Waals surface area contributed by atoms with Gasteiger partial charge in [0.05, 0.1) is 0 Å². The van der Waals surface area contributed by atoms with E-state index >= 15 is 0 Å². The highest BCUT2D eigenvalue weighted by Gasteiger charge is 2.17. The van der Waals surface area contributed by atoms with E-state index in [2.05, 4.69) is 19.2 Å². The largest absolute Gasteiger partial charge is 0.348 e. The van der Waals surface area contributed by atoms with Crippen molar-refractivity contribution in [1.82, 2.24) is 5.32 Å². The van der Waals surface area contributed by atoms with E-state index in [1.807, 2.05) is 32.0 Å². The monoisotopic (exact) mass is 234 g/mol. The van der Waals surface area contributed by atoms with E-state index in [-0.39, 0.29) is 11.9 Å². The molecule has 0 spiro atoms. The van der Waals surface area contributed by atoms with Crippen LogP contribution >= 0.6 is 0 Å². The molecule has 0 aliphatic carbocycles. The first kappa shape index (κ1) is 13.7. The summed E-state index contributed by atoms with van der Waals surface area (Å²) in [6.07, 6.45) is 0. The Kier molecular flexibility index (Phi) is 4.70. The van der Waals surface area contributed by atoms with Crippen LogP contribution in [0.15, 0.2) is 18.2 Å². The van der Waals surface area contributed by atoms with Gasteiger partial charge in [-0.15, -0.1) is 0 Å². The van der Waals surface area contributed by atoms with Gasteiger partial charge >= 0.3 is 0 Å². The van der Waals surface area contributed by atoms with Gasteiger partial charge in [0, 0.05) is 18.2 Å². The van der Waals surface area contributed by atoms with E-state index < -0.39 is 0 Å². The number of rotatable bonds is 4. The minimum Gasteiger partial charge on any atom is -0.348 e. The van der Waals surface area contributed by atoms with E-state index in [4.69, 9.17) is 5.73 Å². The lowest BCUT2D eigenvalue weighted by molar-refractivity contribution is 0.0927. The smallest absolute Gasteiger partial charge is 0.251 e. The Morgan fingerprint density at radius 1 is 1.35 bits per heavy atom. The Balaban J connectivity index is 2.86. The van der Waals surface area contributed by atoms with Crippen LogP contribution in [0, 0.1) is 19.8 Å². The summed E-state index contributed by atoms with van der Waals surface area (Å²) in [6, 6.07) is 5.80. The third-order valence-electron chi connectivity index (χ3n) is 3.22. The number of nitrogens with one attached hydrogen (secondary N) is 1. The molecule has 1 aromatic rings. The molecule has 1 rings (SSSR count). The van der Waals surface area contributed by atoms with Crippen molar-refractivity contribution in [2.24, 2.45) is 11.7 Å². The van der Waals surface area contributed by atoms with Gasteiger partial charge in [-0.2, -0.15) is 0 Å². The van der Waals surface area contributed by atoms with Gasteiger partial charge in [-0.3, -0.25) is 4.79 Å². The predicted molar refractivity (Wildman–Crippen MR) is 71.1 cm³/mol. The predicted octanol–water partition coefficient (Wildman–Crippen LogP) is 2.02. The molecule has 17 heavy (non-hydrogen) atoms. The first-order chi connectivity index (χ1) is 7.97. The second-order valence-electron chi connectivity index (χ2n) is 4.81. The van der Waals surface area contributed by atoms with Crippen LogP contribution in [0.3, 0.4) is 0 Å². The second kappa shape index (κ2) is 5.82. The molecule has 0 fully saturated rings. The summed E-state index contributed by atoms with van der Waals surface area (Å²) in [5.41, 5.74) is 8.56. The van der Waals surface area contributed by atoms with Crippen molar-refractivity contribution in [3.63, 3.8) is 0 Å². The van der Waals surface area contributed by atoms with E-state index in [0.29, 0.717) is 12.5 Å². The number of carbonyl (C=O) groups is 1. The summed E-state index contributed by atoms with van der Waals surface area (Å²) in [5.74, 6) is 0.310. The molecule has 0 aliphatic heterocycles. The summed E-state index contributed by atoms with van der Waals surface area (Å²) >= 11 is 0. The van der Waals surface area contributed by atoms with Crippen molar-refractivity contribution in [2.75, 3.05) is 6.54 Å². The molecule has 0 aromatic heterocycles.